The second-order valence-corrected chi connectivity index (χ2v) is 3.81. The first-order valence-corrected chi connectivity index (χ1v) is 5.39. The van der Waals surface area contributed by atoms with E-state index in [4.69, 9.17) is 0 Å². The third-order valence-electron chi connectivity index (χ3n) is 2.54. The van der Waals surface area contributed by atoms with Gasteiger partial charge in [0.25, 0.3) is 0 Å². The Morgan fingerprint density at radius 1 is 1.27 bits per heavy atom. The molecular formula is C13H16N2. The molecule has 0 radical (unpaired) electrons. The summed E-state index contributed by atoms with van der Waals surface area (Å²) >= 11 is 0. The van der Waals surface area contributed by atoms with Crippen LogP contribution in [0.5, 0.6) is 0 Å². The van der Waals surface area contributed by atoms with Crippen LogP contribution in [-0.4, -0.2) is 9.78 Å². The fraction of sp³-hybridized carbons (Fsp3) is 0.308. The Balaban J connectivity index is 2.33. The summed E-state index contributed by atoms with van der Waals surface area (Å²) in [6.07, 6.45) is 5.18. The van der Waals surface area contributed by atoms with Gasteiger partial charge in [-0.25, -0.2) is 0 Å². The van der Waals surface area contributed by atoms with Crippen LogP contribution in [0.25, 0.3) is 11.1 Å². The van der Waals surface area contributed by atoms with Crippen LogP contribution in [0.2, 0.25) is 0 Å². The minimum absolute atomic E-state index is 0.992. The van der Waals surface area contributed by atoms with Crippen molar-refractivity contribution in [2.24, 2.45) is 0 Å². The van der Waals surface area contributed by atoms with Crippen LogP contribution in [0.4, 0.5) is 0 Å². The van der Waals surface area contributed by atoms with Gasteiger partial charge in [-0.3, -0.25) is 4.68 Å². The minimum atomic E-state index is 0.992. The van der Waals surface area contributed by atoms with Crippen LogP contribution in [0.1, 0.15) is 18.9 Å². The molecule has 0 atom stereocenters. The lowest BCUT2D eigenvalue weighted by Gasteiger charge is -2.01. The molecular weight excluding hydrogens is 184 g/mol. The van der Waals surface area contributed by atoms with Gasteiger partial charge in [0.2, 0.25) is 0 Å². The van der Waals surface area contributed by atoms with Crippen LogP contribution in [0.15, 0.2) is 36.7 Å². The van der Waals surface area contributed by atoms with Crippen molar-refractivity contribution in [3.05, 3.63) is 42.2 Å². The van der Waals surface area contributed by atoms with Gasteiger partial charge in [0.05, 0.1) is 6.20 Å². The average Bonchev–Trinajstić information content (AvgIpc) is 2.68. The van der Waals surface area contributed by atoms with Crippen molar-refractivity contribution in [3.8, 4) is 11.1 Å². The Labute approximate surface area is 90.6 Å². The highest BCUT2D eigenvalue weighted by Crippen LogP contribution is 2.22. The lowest BCUT2D eigenvalue weighted by molar-refractivity contribution is 0.603. The number of benzene rings is 1. The molecule has 0 aliphatic carbocycles. The third kappa shape index (κ3) is 2.09. The first-order valence-electron chi connectivity index (χ1n) is 5.39. The van der Waals surface area contributed by atoms with Crippen molar-refractivity contribution < 1.29 is 0 Å². The molecule has 1 aromatic carbocycles. The van der Waals surface area contributed by atoms with Gasteiger partial charge in [0, 0.05) is 18.3 Å². The molecule has 1 aromatic heterocycles. The van der Waals surface area contributed by atoms with E-state index < -0.39 is 0 Å². The highest BCUT2D eigenvalue weighted by Gasteiger charge is 2.03. The molecule has 0 N–H and O–H groups in total. The van der Waals surface area contributed by atoms with E-state index >= 15 is 0 Å². The SMILES string of the molecule is CCCn1cc(-c2ccccc2C)cn1. The molecule has 2 aromatic rings. The van der Waals surface area contributed by atoms with Crippen LogP contribution in [-0.2, 0) is 6.54 Å². The predicted octanol–water partition coefficient (Wildman–Crippen LogP) is 3.27. The summed E-state index contributed by atoms with van der Waals surface area (Å²) in [7, 11) is 0. The van der Waals surface area contributed by atoms with Crippen molar-refractivity contribution in [3.63, 3.8) is 0 Å². The van der Waals surface area contributed by atoms with Gasteiger partial charge in [0.1, 0.15) is 0 Å². The Morgan fingerprint density at radius 3 is 2.80 bits per heavy atom. The number of aromatic nitrogens is 2. The molecule has 0 aliphatic rings. The quantitative estimate of drug-likeness (QED) is 0.743. The molecule has 0 saturated heterocycles. The van der Waals surface area contributed by atoms with Gasteiger partial charge in [-0.1, -0.05) is 31.2 Å². The molecule has 15 heavy (non-hydrogen) atoms. The van der Waals surface area contributed by atoms with Gasteiger partial charge in [-0.15, -0.1) is 0 Å². The van der Waals surface area contributed by atoms with E-state index in [0.717, 1.165) is 13.0 Å². The first-order chi connectivity index (χ1) is 7.31. The number of rotatable bonds is 3. The molecule has 0 amide bonds. The van der Waals surface area contributed by atoms with E-state index in [0.29, 0.717) is 0 Å². The molecule has 0 unspecified atom stereocenters. The molecule has 0 aliphatic heterocycles. The maximum Gasteiger partial charge on any atom is 0.0568 e. The van der Waals surface area contributed by atoms with E-state index in [9.17, 15) is 0 Å². The molecule has 0 bridgehead atoms. The van der Waals surface area contributed by atoms with Crippen molar-refractivity contribution in [1.29, 1.82) is 0 Å². The Hall–Kier alpha value is -1.57. The zero-order chi connectivity index (χ0) is 10.7. The fourth-order valence-electron chi connectivity index (χ4n) is 1.75. The van der Waals surface area contributed by atoms with E-state index in [1.807, 2.05) is 10.9 Å². The van der Waals surface area contributed by atoms with Crippen LogP contribution in [0, 0.1) is 6.92 Å². The van der Waals surface area contributed by atoms with Crippen molar-refractivity contribution in [2.45, 2.75) is 26.8 Å². The highest BCUT2D eigenvalue weighted by atomic mass is 15.3. The Bertz CT molecular complexity index is 443. The molecule has 0 saturated carbocycles. The summed E-state index contributed by atoms with van der Waals surface area (Å²) in [6.45, 7) is 5.29. The molecule has 1 heterocycles. The monoisotopic (exact) mass is 200 g/mol. The summed E-state index contributed by atoms with van der Waals surface area (Å²) in [5.41, 5.74) is 3.79. The van der Waals surface area contributed by atoms with Crippen LogP contribution < -0.4 is 0 Å². The van der Waals surface area contributed by atoms with Gasteiger partial charge in [-0.2, -0.15) is 5.10 Å². The summed E-state index contributed by atoms with van der Waals surface area (Å²) in [6, 6.07) is 8.41. The van der Waals surface area contributed by atoms with Gasteiger partial charge < -0.3 is 0 Å². The smallest absolute Gasteiger partial charge is 0.0568 e. The molecule has 2 nitrogen and oxygen atoms in total. The molecule has 78 valence electrons. The fourth-order valence-corrected chi connectivity index (χ4v) is 1.75. The van der Waals surface area contributed by atoms with E-state index in [-0.39, 0.29) is 0 Å². The first kappa shape index (κ1) is 9.97. The maximum absolute atomic E-state index is 4.34. The Kier molecular flexibility index (Phi) is 2.86. The summed E-state index contributed by atoms with van der Waals surface area (Å²) in [5.74, 6) is 0. The number of aryl methyl sites for hydroxylation is 2. The van der Waals surface area contributed by atoms with Crippen molar-refractivity contribution in [2.75, 3.05) is 0 Å². The molecule has 0 fully saturated rings. The zero-order valence-corrected chi connectivity index (χ0v) is 9.27. The third-order valence-corrected chi connectivity index (χ3v) is 2.54. The van der Waals surface area contributed by atoms with E-state index in [1.54, 1.807) is 0 Å². The molecule has 2 heteroatoms. The lowest BCUT2D eigenvalue weighted by atomic mass is 10.0. The number of hydrogen-bond donors (Lipinski definition) is 0. The highest BCUT2D eigenvalue weighted by molar-refractivity contribution is 5.65. The summed E-state index contributed by atoms with van der Waals surface area (Å²) in [5, 5.41) is 4.34. The van der Waals surface area contributed by atoms with E-state index in [1.165, 1.54) is 16.7 Å². The molecule has 0 spiro atoms. The van der Waals surface area contributed by atoms with Gasteiger partial charge in [-0.05, 0) is 24.5 Å². The number of hydrogen-bond acceptors (Lipinski definition) is 1. The number of nitrogens with zero attached hydrogens (tertiary/aromatic N) is 2. The standard InChI is InChI=1S/C13H16N2/c1-3-8-15-10-12(9-14-15)13-7-5-4-6-11(13)2/h4-7,9-10H,3,8H2,1-2H3. The Morgan fingerprint density at radius 2 is 2.07 bits per heavy atom. The predicted molar refractivity (Wildman–Crippen MR) is 62.7 cm³/mol. The normalized spacial score (nSPS) is 10.5. The zero-order valence-electron chi connectivity index (χ0n) is 9.27. The molecule has 2 rings (SSSR count). The second-order valence-electron chi connectivity index (χ2n) is 3.81. The summed E-state index contributed by atoms with van der Waals surface area (Å²) < 4.78 is 2.00. The van der Waals surface area contributed by atoms with Gasteiger partial charge >= 0.3 is 0 Å². The van der Waals surface area contributed by atoms with E-state index in [2.05, 4.69) is 49.4 Å². The minimum Gasteiger partial charge on any atom is -0.272 e. The van der Waals surface area contributed by atoms with Crippen LogP contribution >= 0.6 is 0 Å². The maximum atomic E-state index is 4.34. The average molecular weight is 200 g/mol. The second kappa shape index (κ2) is 4.30. The van der Waals surface area contributed by atoms with Gasteiger partial charge in [0.15, 0.2) is 0 Å². The largest absolute Gasteiger partial charge is 0.272 e. The van der Waals surface area contributed by atoms with Crippen molar-refractivity contribution >= 4 is 0 Å². The van der Waals surface area contributed by atoms with Crippen LogP contribution in [0.3, 0.4) is 0 Å². The lowest BCUT2D eigenvalue weighted by Crippen LogP contribution is -1.95. The van der Waals surface area contributed by atoms with Crippen molar-refractivity contribution in [1.82, 2.24) is 9.78 Å². The topological polar surface area (TPSA) is 17.8 Å². The summed E-state index contributed by atoms with van der Waals surface area (Å²) in [4.78, 5) is 0.